The summed E-state index contributed by atoms with van der Waals surface area (Å²) in [5.41, 5.74) is 9.00. The molecule has 4 heterocycles. The number of anilines is 1. The number of carbonyl (C=O) groups excluding carboxylic acids is 1. The number of nitrogen functional groups attached to an aromatic ring is 1. The summed E-state index contributed by atoms with van der Waals surface area (Å²) in [5.74, 6) is -2.96. The number of nitrogens with two attached hydrogens (primary N) is 1. The number of halogens is 2. The molecule has 0 atom stereocenters. The minimum absolute atomic E-state index is 0.127. The van der Waals surface area contributed by atoms with Gasteiger partial charge in [0.2, 0.25) is 5.91 Å². The smallest absolute Gasteiger partial charge is 0.282 e. The van der Waals surface area contributed by atoms with Crippen molar-refractivity contribution >= 4 is 33.5 Å². The highest BCUT2D eigenvalue weighted by atomic mass is 19.3. The molecule has 28 heavy (non-hydrogen) atoms. The summed E-state index contributed by atoms with van der Waals surface area (Å²) in [4.78, 5) is 17.7. The highest BCUT2D eigenvalue weighted by Crippen LogP contribution is 2.30. The summed E-state index contributed by atoms with van der Waals surface area (Å²) in [6.07, 6.45) is 3.36. The first-order chi connectivity index (χ1) is 13.4. The highest BCUT2D eigenvalue weighted by Gasteiger charge is 2.46. The van der Waals surface area contributed by atoms with E-state index in [1.165, 1.54) is 4.68 Å². The summed E-state index contributed by atoms with van der Waals surface area (Å²) in [6, 6.07) is 7.58. The number of H-pyrrole nitrogens is 1. The summed E-state index contributed by atoms with van der Waals surface area (Å²) >= 11 is 0. The van der Waals surface area contributed by atoms with Crippen molar-refractivity contribution in [2.45, 2.75) is 12.5 Å². The summed E-state index contributed by atoms with van der Waals surface area (Å²) in [5, 5.41) is 12.8. The highest BCUT2D eigenvalue weighted by molar-refractivity contribution is 6.08. The van der Waals surface area contributed by atoms with Crippen LogP contribution in [-0.2, 0) is 11.3 Å². The number of benzene rings is 1. The maximum atomic E-state index is 13.0. The van der Waals surface area contributed by atoms with E-state index >= 15 is 0 Å². The molecule has 0 aliphatic carbocycles. The molecular weight excluding hydrogens is 368 g/mol. The second kappa shape index (κ2) is 5.72. The van der Waals surface area contributed by atoms with Crippen molar-refractivity contribution in [2.24, 2.45) is 0 Å². The molecular formula is C18H15F2N7O. The van der Waals surface area contributed by atoms with Crippen LogP contribution in [0.3, 0.4) is 0 Å². The van der Waals surface area contributed by atoms with Gasteiger partial charge in [0.15, 0.2) is 5.82 Å². The van der Waals surface area contributed by atoms with Gasteiger partial charge in [0.05, 0.1) is 24.3 Å². The number of amides is 1. The van der Waals surface area contributed by atoms with Crippen molar-refractivity contribution < 1.29 is 13.6 Å². The van der Waals surface area contributed by atoms with Crippen molar-refractivity contribution in [3.8, 4) is 11.3 Å². The van der Waals surface area contributed by atoms with Gasteiger partial charge in [-0.05, 0) is 12.1 Å². The number of pyridine rings is 1. The van der Waals surface area contributed by atoms with Crippen molar-refractivity contribution in [2.75, 3.05) is 18.8 Å². The van der Waals surface area contributed by atoms with Crippen LogP contribution in [0.1, 0.15) is 0 Å². The van der Waals surface area contributed by atoms with E-state index in [9.17, 15) is 13.6 Å². The molecule has 5 rings (SSSR count). The number of likely N-dealkylation sites (tertiary alicyclic amines) is 1. The lowest BCUT2D eigenvalue weighted by molar-refractivity contribution is -0.166. The van der Waals surface area contributed by atoms with Crippen LogP contribution in [0, 0.1) is 0 Å². The Hall–Kier alpha value is -3.56. The third kappa shape index (κ3) is 2.65. The zero-order valence-corrected chi connectivity index (χ0v) is 14.6. The average Bonchev–Trinajstić information content (AvgIpc) is 3.29. The average molecular weight is 383 g/mol. The SMILES string of the molecule is Nc1nc2cc(-c3ccn[nH]3)ccc2c2cn(CC(=O)N3CC(F)(F)C3)nc12. The van der Waals surface area contributed by atoms with Crippen molar-refractivity contribution in [1.29, 1.82) is 0 Å². The number of rotatable bonds is 3. The van der Waals surface area contributed by atoms with Gasteiger partial charge in [-0.15, -0.1) is 0 Å². The van der Waals surface area contributed by atoms with Gasteiger partial charge in [-0.2, -0.15) is 10.2 Å². The molecule has 0 radical (unpaired) electrons. The fourth-order valence-electron chi connectivity index (χ4n) is 3.43. The zero-order chi connectivity index (χ0) is 19.5. The summed E-state index contributed by atoms with van der Waals surface area (Å²) in [6.45, 7) is -1.22. The molecule has 1 fully saturated rings. The molecule has 1 aliphatic rings. The molecule has 1 amide bonds. The van der Waals surface area contributed by atoms with Gasteiger partial charge in [0.1, 0.15) is 12.1 Å². The van der Waals surface area contributed by atoms with E-state index in [1.54, 1.807) is 12.4 Å². The van der Waals surface area contributed by atoms with E-state index in [-0.39, 0.29) is 12.4 Å². The molecule has 10 heteroatoms. The second-order valence-electron chi connectivity index (χ2n) is 6.89. The third-order valence-electron chi connectivity index (χ3n) is 4.84. The van der Waals surface area contributed by atoms with E-state index in [0.29, 0.717) is 11.0 Å². The molecule has 3 aromatic heterocycles. The number of nitrogens with one attached hydrogen (secondary N) is 1. The Bertz CT molecular complexity index is 1210. The Morgan fingerprint density at radius 3 is 2.79 bits per heavy atom. The lowest BCUT2D eigenvalue weighted by Gasteiger charge is -2.38. The quantitative estimate of drug-likeness (QED) is 0.563. The topological polar surface area (TPSA) is 106 Å². The van der Waals surface area contributed by atoms with E-state index in [2.05, 4.69) is 20.3 Å². The largest absolute Gasteiger partial charge is 0.382 e. The molecule has 0 unspecified atom stereocenters. The van der Waals surface area contributed by atoms with Gasteiger partial charge >= 0.3 is 0 Å². The molecule has 0 bridgehead atoms. The molecule has 3 N–H and O–H groups in total. The molecule has 0 saturated carbocycles. The van der Waals surface area contributed by atoms with Crippen LogP contribution >= 0.6 is 0 Å². The molecule has 4 aromatic rings. The first-order valence-corrected chi connectivity index (χ1v) is 8.61. The Morgan fingerprint density at radius 2 is 2.07 bits per heavy atom. The van der Waals surface area contributed by atoms with E-state index < -0.39 is 24.9 Å². The molecule has 8 nitrogen and oxygen atoms in total. The number of carbonyl (C=O) groups is 1. The maximum absolute atomic E-state index is 13.0. The van der Waals surface area contributed by atoms with Crippen LogP contribution in [0.5, 0.6) is 0 Å². The van der Waals surface area contributed by atoms with Gasteiger partial charge < -0.3 is 10.6 Å². The van der Waals surface area contributed by atoms with Crippen LogP contribution in [0.2, 0.25) is 0 Å². The lowest BCUT2D eigenvalue weighted by Crippen LogP contribution is -2.59. The minimum atomic E-state index is -2.79. The Balaban J connectivity index is 1.51. The number of fused-ring (bicyclic) bond motifs is 3. The van der Waals surface area contributed by atoms with Gasteiger partial charge in [0.25, 0.3) is 5.92 Å². The zero-order valence-electron chi connectivity index (χ0n) is 14.6. The molecule has 142 valence electrons. The summed E-state index contributed by atoms with van der Waals surface area (Å²) in [7, 11) is 0. The van der Waals surface area contributed by atoms with Crippen molar-refractivity contribution in [3.63, 3.8) is 0 Å². The lowest BCUT2D eigenvalue weighted by atomic mass is 10.1. The normalized spacial score (nSPS) is 15.9. The first kappa shape index (κ1) is 16.6. The third-order valence-corrected chi connectivity index (χ3v) is 4.84. The standard InChI is InChI=1S/C18H15F2N7O/c19-18(20)8-26(9-18)15(28)7-27-6-12-11-2-1-10(13-3-4-22-24-13)5-14(11)23-17(21)16(12)25-27/h1-6H,7-9H2,(H2,21,23)(H,22,24). The van der Waals surface area contributed by atoms with Gasteiger partial charge in [-0.25, -0.2) is 13.8 Å². The van der Waals surface area contributed by atoms with Gasteiger partial charge in [-0.1, -0.05) is 12.1 Å². The van der Waals surface area contributed by atoms with E-state index in [1.807, 2.05) is 24.3 Å². The Labute approximate surface area is 156 Å². The predicted octanol–water partition coefficient (Wildman–Crippen LogP) is 2.03. The number of nitrogens with zero attached hydrogens (tertiary/aromatic N) is 5. The number of aromatic nitrogens is 5. The molecule has 1 saturated heterocycles. The molecule has 1 aliphatic heterocycles. The van der Waals surface area contributed by atoms with E-state index in [4.69, 9.17) is 5.73 Å². The number of hydrogen-bond donors (Lipinski definition) is 2. The number of alkyl halides is 2. The second-order valence-corrected chi connectivity index (χ2v) is 6.89. The van der Waals surface area contributed by atoms with Crippen LogP contribution in [0.25, 0.3) is 33.1 Å². The first-order valence-electron chi connectivity index (χ1n) is 8.61. The Morgan fingerprint density at radius 1 is 1.25 bits per heavy atom. The van der Waals surface area contributed by atoms with Gasteiger partial charge in [-0.3, -0.25) is 14.6 Å². The fourth-order valence-corrected chi connectivity index (χ4v) is 3.43. The van der Waals surface area contributed by atoms with Crippen molar-refractivity contribution in [3.05, 3.63) is 36.7 Å². The monoisotopic (exact) mass is 383 g/mol. The van der Waals surface area contributed by atoms with Crippen LogP contribution in [-0.4, -0.2) is 54.8 Å². The predicted molar refractivity (Wildman–Crippen MR) is 98.6 cm³/mol. The van der Waals surface area contributed by atoms with Gasteiger partial charge in [0, 0.05) is 28.7 Å². The van der Waals surface area contributed by atoms with Crippen LogP contribution in [0.4, 0.5) is 14.6 Å². The number of aromatic amines is 1. The minimum Gasteiger partial charge on any atom is -0.382 e. The molecule has 1 aromatic carbocycles. The van der Waals surface area contributed by atoms with Crippen LogP contribution in [0.15, 0.2) is 36.7 Å². The van der Waals surface area contributed by atoms with Crippen molar-refractivity contribution in [1.82, 2.24) is 29.9 Å². The van der Waals surface area contributed by atoms with Crippen LogP contribution < -0.4 is 5.73 Å². The Kier molecular flexibility index (Phi) is 3.39. The fraction of sp³-hybridized carbons (Fsp3) is 0.222. The number of hydrogen-bond acceptors (Lipinski definition) is 5. The summed E-state index contributed by atoms with van der Waals surface area (Å²) < 4.78 is 27.4. The van der Waals surface area contributed by atoms with E-state index in [0.717, 1.165) is 26.9 Å². The molecule has 0 spiro atoms. The maximum Gasteiger partial charge on any atom is 0.282 e.